The molecule has 0 bridgehead atoms. The second-order valence-electron chi connectivity index (χ2n) is 3.44. The molecule has 14 heavy (non-hydrogen) atoms. The number of anilines is 1. The first-order valence-electron chi connectivity index (χ1n) is 4.50. The average molecular weight is 192 g/mol. The lowest BCUT2D eigenvalue weighted by Crippen LogP contribution is -2.33. The lowest BCUT2D eigenvalue weighted by atomic mass is 10.1. The molecule has 2 rings (SSSR count). The van der Waals surface area contributed by atoms with E-state index in [1.165, 1.54) is 0 Å². The molecular formula is C10H12N2O2. The smallest absolute Gasteiger partial charge is 0.255 e. The van der Waals surface area contributed by atoms with Crippen LogP contribution in [0.5, 0.6) is 5.75 Å². The van der Waals surface area contributed by atoms with Crippen LogP contribution in [0.15, 0.2) is 18.2 Å². The van der Waals surface area contributed by atoms with Crippen molar-refractivity contribution < 1.29 is 9.53 Å². The lowest BCUT2D eigenvalue weighted by Gasteiger charge is -2.07. The topological polar surface area (TPSA) is 64.3 Å². The van der Waals surface area contributed by atoms with Gasteiger partial charge in [0.25, 0.3) is 5.91 Å². The molecule has 1 aliphatic heterocycles. The van der Waals surface area contributed by atoms with E-state index in [0.29, 0.717) is 23.6 Å². The molecule has 1 aliphatic rings. The zero-order valence-electron chi connectivity index (χ0n) is 7.91. The van der Waals surface area contributed by atoms with Crippen LogP contribution in [0.3, 0.4) is 0 Å². The van der Waals surface area contributed by atoms with E-state index in [9.17, 15) is 4.79 Å². The minimum atomic E-state index is -0.127. The maximum Gasteiger partial charge on any atom is 0.255 e. The van der Waals surface area contributed by atoms with Gasteiger partial charge in [-0.05, 0) is 25.1 Å². The average Bonchev–Trinajstić information content (AvgIpc) is 2.27. The number of nitrogen functional groups attached to an aromatic ring is 1. The quantitative estimate of drug-likeness (QED) is 0.597. The van der Waals surface area contributed by atoms with Gasteiger partial charge < -0.3 is 15.8 Å². The van der Waals surface area contributed by atoms with E-state index in [2.05, 4.69) is 5.32 Å². The molecule has 74 valence electrons. The Balaban J connectivity index is 2.44. The Morgan fingerprint density at radius 3 is 3.14 bits per heavy atom. The number of nitrogens with two attached hydrogens (primary N) is 1. The maximum atomic E-state index is 11.6. The van der Waals surface area contributed by atoms with Crippen LogP contribution in [-0.4, -0.2) is 18.6 Å². The van der Waals surface area contributed by atoms with E-state index in [4.69, 9.17) is 10.5 Å². The molecule has 1 aromatic carbocycles. The summed E-state index contributed by atoms with van der Waals surface area (Å²) in [4.78, 5) is 11.6. The number of fused-ring (bicyclic) bond motifs is 1. The molecule has 4 nitrogen and oxygen atoms in total. The van der Waals surface area contributed by atoms with Gasteiger partial charge in [-0.25, -0.2) is 0 Å². The van der Waals surface area contributed by atoms with E-state index in [-0.39, 0.29) is 11.9 Å². The van der Waals surface area contributed by atoms with Crippen LogP contribution in [0, 0.1) is 0 Å². The molecule has 0 fully saturated rings. The summed E-state index contributed by atoms with van der Waals surface area (Å²) in [5.41, 5.74) is 6.67. The van der Waals surface area contributed by atoms with Crippen molar-refractivity contribution in [1.29, 1.82) is 0 Å². The van der Waals surface area contributed by atoms with Gasteiger partial charge in [-0.15, -0.1) is 0 Å². The first kappa shape index (κ1) is 8.87. The Hall–Kier alpha value is -1.71. The third-order valence-corrected chi connectivity index (χ3v) is 2.11. The van der Waals surface area contributed by atoms with E-state index in [0.717, 1.165) is 0 Å². The fourth-order valence-electron chi connectivity index (χ4n) is 1.41. The molecule has 4 heteroatoms. The van der Waals surface area contributed by atoms with Gasteiger partial charge >= 0.3 is 0 Å². The summed E-state index contributed by atoms with van der Waals surface area (Å²) in [6, 6.07) is 5.10. The van der Waals surface area contributed by atoms with E-state index >= 15 is 0 Å². The fraction of sp³-hybridized carbons (Fsp3) is 0.300. The van der Waals surface area contributed by atoms with Crippen LogP contribution in [0.1, 0.15) is 17.3 Å². The van der Waals surface area contributed by atoms with Gasteiger partial charge in [0.1, 0.15) is 12.4 Å². The lowest BCUT2D eigenvalue weighted by molar-refractivity contribution is 0.0942. The van der Waals surface area contributed by atoms with Gasteiger partial charge in [-0.3, -0.25) is 4.79 Å². The van der Waals surface area contributed by atoms with Gasteiger partial charge in [-0.1, -0.05) is 0 Å². The standard InChI is InChI=1S/C10H12N2O2/c1-6-5-14-9-3-2-7(11)4-8(9)10(13)12-6/h2-4,6H,5,11H2,1H3,(H,12,13). The number of hydrogen-bond acceptors (Lipinski definition) is 3. The monoisotopic (exact) mass is 192 g/mol. The minimum Gasteiger partial charge on any atom is -0.491 e. The Kier molecular flexibility index (Phi) is 2.04. The van der Waals surface area contributed by atoms with Crippen molar-refractivity contribution in [2.45, 2.75) is 13.0 Å². The van der Waals surface area contributed by atoms with Crippen molar-refractivity contribution in [1.82, 2.24) is 5.32 Å². The summed E-state index contributed by atoms with van der Waals surface area (Å²) in [6.07, 6.45) is 0. The van der Waals surface area contributed by atoms with E-state index < -0.39 is 0 Å². The third-order valence-electron chi connectivity index (χ3n) is 2.11. The summed E-state index contributed by atoms with van der Waals surface area (Å²) in [5, 5.41) is 2.81. The number of hydrogen-bond donors (Lipinski definition) is 2. The first-order valence-corrected chi connectivity index (χ1v) is 4.50. The number of benzene rings is 1. The van der Waals surface area contributed by atoms with Crippen molar-refractivity contribution in [2.24, 2.45) is 0 Å². The van der Waals surface area contributed by atoms with Crippen LogP contribution in [0.25, 0.3) is 0 Å². The van der Waals surface area contributed by atoms with Gasteiger partial charge in [0, 0.05) is 5.69 Å². The zero-order valence-corrected chi connectivity index (χ0v) is 7.91. The highest BCUT2D eigenvalue weighted by atomic mass is 16.5. The predicted octanol–water partition coefficient (Wildman–Crippen LogP) is 0.780. The molecule has 3 N–H and O–H groups in total. The van der Waals surface area contributed by atoms with Crippen molar-refractivity contribution in [3.63, 3.8) is 0 Å². The molecule has 0 saturated heterocycles. The van der Waals surface area contributed by atoms with Crippen molar-refractivity contribution in [2.75, 3.05) is 12.3 Å². The summed E-state index contributed by atoms with van der Waals surface area (Å²) in [6.45, 7) is 2.38. The Morgan fingerprint density at radius 1 is 1.57 bits per heavy atom. The largest absolute Gasteiger partial charge is 0.491 e. The number of rotatable bonds is 0. The molecule has 0 aliphatic carbocycles. The molecule has 1 unspecified atom stereocenters. The summed E-state index contributed by atoms with van der Waals surface area (Å²) in [5.74, 6) is 0.471. The molecule has 1 aromatic rings. The third kappa shape index (κ3) is 1.51. The molecule has 1 heterocycles. The molecule has 1 atom stereocenters. The summed E-state index contributed by atoms with van der Waals surface area (Å²) in [7, 11) is 0. The number of carbonyl (C=O) groups excluding carboxylic acids is 1. The number of amides is 1. The normalized spacial score (nSPS) is 20.4. The molecular weight excluding hydrogens is 180 g/mol. The zero-order chi connectivity index (χ0) is 10.1. The van der Waals surface area contributed by atoms with Crippen LogP contribution in [0.2, 0.25) is 0 Å². The minimum absolute atomic E-state index is 0.0242. The number of ether oxygens (including phenoxy) is 1. The van der Waals surface area contributed by atoms with Crippen LogP contribution in [-0.2, 0) is 0 Å². The highest BCUT2D eigenvalue weighted by molar-refractivity contribution is 5.98. The second kappa shape index (κ2) is 3.21. The summed E-state index contributed by atoms with van der Waals surface area (Å²) >= 11 is 0. The SMILES string of the molecule is CC1COc2ccc(N)cc2C(=O)N1. The molecule has 0 radical (unpaired) electrons. The van der Waals surface area contributed by atoms with Gasteiger partial charge in [0.05, 0.1) is 11.6 Å². The molecule has 0 aromatic heterocycles. The Morgan fingerprint density at radius 2 is 2.36 bits per heavy atom. The molecule has 0 saturated carbocycles. The van der Waals surface area contributed by atoms with Crippen LogP contribution in [0.4, 0.5) is 5.69 Å². The van der Waals surface area contributed by atoms with Gasteiger partial charge in [0.2, 0.25) is 0 Å². The predicted molar refractivity (Wildman–Crippen MR) is 53.3 cm³/mol. The van der Waals surface area contributed by atoms with Gasteiger partial charge in [0.15, 0.2) is 0 Å². The highest BCUT2D eigenvalue weighted by Gasteiger charge is 2.19. The van der Waals surface area contributed by atoms with Crippen LogP contribution < -0.4 is 15.8 Å². The first-order chi connectivity index (χ1) is 6.66. The van der Waals surface area contributed by atoms with Crippen molar-refractivity contribution >= 4 is 11.6 Å². The van der Waals surface area contributed by atoms with Crippen molar-refractivity contribution in [3.05, 3.63) is 23.8 Å². The van der Waals surface area contributed by atoms with Crippen LogP contribution >= 0.6 is 0 Å². The van der Waals surface area contributed by atoms with Crippen molar-refractivity contribution in [3.8, 4) is 5.75 Å². The molecule has 1 amide bonds. The highest BCUT2D eigenvalue weighted by Crippen LogP contribution is 2.23. The summed E-state index contributed by atoms with van der Waals surface area (Å²) < 4.78 is 5.45. The Bertz CT molecular complexity index is 376. The number of nitrogens with one attached hydrogen (secondary N) is 1. The van der Waals surface area contributed by atoms with E-state index in [1.54, 1.807) is 18.2 Å². The molecule has 0 spiro atoms. The maximum absolute atomic E-state index is 11.6. The second-order valence-corrected chi connectivity index (χ2v) is 3.44. The van der Waals surface area contributed by atoms with Gasteiger partial charge in [-0.2, -0.15) is 0 Å². The fourth-order valence-corrected chi connectivity index (χ4v) is 1.41. The Labute approximate surface area is 82.1 Å². The number of carbonyl (C=O) groups is 1. The van der Waals surface area contributed by atoms with E-state index in [1.807, 2.05) is 6.92 Å².